The summed E-state index contributed by atoms with van der Waals surface area (Å²) in [4.78, 5) is 20.8. The molecule has 0 bridgehead atoms. The van der Waals surface area contributed by atoms with Gasteiger partial charge in [0.25, 0.3) is 0 Å². The third kappa shape index (κ3) is 7.46. The highest BCUT2D eigenvalue weighted by Gasteiger charge is 2.14. The van der Waals surface area contributed by atoms with Crippen molar-refractivity contribution in [1.82, 2.24) is 14.8 Å². The van der Waals surface area contributed by atoms with Crippen molar-refractivity contribution in [3.05, 3.63) is 64.9 Å². The molecule has 2 rings (SSSR count). The third-order valence-electron chi connectivity index (χ3n) is 3.67. The normalized spacial score (nSPS) is 10.9. The highest BCUT2D eigenvalue weighted by Crippen LogP contribution is 2.15. The molecule has 4 nitrogen and oxygen atoms in total. The Balaban J connectivity index is 1.90. The number of halogens is 1. The maximum atomic E-state index is 12.7. The molecular weight excluding hydrogens is 354 g/mol. The molecule has 1 amide bonds. The Kier molecular flexibility index (Phi) is 8.25. The molecule has 0 spiro atoms. The number of likely N-dealkylation sites (N-methyl/N-ethyl adjacent to an activating group) is 1. The third-order valence-corrected chi connectivity index (χ3v) is 4.91. The number of benzene rings is 1. The van der Waals surface area contributed by atoms with Gasteiger partial charge in [0.15, 0.2) is 0 Å². The summed E-state index contributed by atoms with van der Waals surface area (Å²) in [7, 11) is 4.03. The van der Waals surface area contributed by atoms with Crippen molar-refractivity contribution in [2.24, 2.45) is 0 Å². The molecule has 6 heteroatoms. The minimum Gasteiger partial charge on any atom is -0.336 e. The first-order valence-corrected chi connectivity index (χ1v) is 9.71. The zero-order valence-corrected chi connectivity index (χ0v) is 16.3. The Labute approximate surface area is 159 Å². The van der Waals surface area contributed by atoms with Gasteiger partial charge in [-0.1, -0.05) is 29.8 Å². The lowest BCUT2D eigenvalue weighted by molar-refractivity contribution is -0.129. The van der Waals surface area contributed by atoms with E-state index in [0.717, 1.165) is 23.4 Å². The Morgan fingerprint density at radius 2 is 1.88 bits per heavy atom. The molecule has 0 saturated carbocycles. The van der Waals surface area contributed by atoms with E-state index in [1.54, 1.807) is 18.0 Å². The van der Waals surface area contributed by atoms with Crippen molar-refractivity contribution in [3.63, 3.8) is 0 Å². The largest absolute Gasteiger partial charge is 0.336 e. The van der Waals surface area contributed by atoms with E-state index in [4.69, 9.17) is 11.6 Å². The molecule has 2 aromatic rings. The molecule has 0 N–H and O–H groups in total. The van der Waals surface area contributed by atoms with Gasteiger partial charge in [-0.3, -0.25) is 9.78 Å². The molecule has 0 aliphatic heterocycles. The van der Waals surface area contributed by atoms with Crippen molar-refractivity contribution in [1.29, 1.82) is 0 Å². The van der Waals surface area contributed by atoms with Crippen LogP contribution in [0.5, 0.6) is 0 Å². The van der Waals surface area contributed by atoms with Crippen molar-refractivity contribution in [2.45, 2.75) is 12.3 Å². The standard InChI is InChI=1S/C19H24ClN3OS/c1-22(2)10-11-23(13-16-5-7-18(20)8-6-16)19(24)15-25-14-17-4-3-9-21-12-17/h3-9,12H,10-11,13-15H2,1-2H3. The van der Waals surface area contributed by atoms with Crippen LogP contribution in [0.2, 0.25) is 5.02 Å². The average molecular weight is 378 g/mol. The highest BCUT2D eigenvalue weighted by atomic mass is 35.5. The molecule has 0 radical (unpaired) electrons. The fourth-order valence-corrected chi connectivity index (χ4v) is 3.25. The fraction of sp³-hybridized carbons (Fsp3) is 0.368. The number of hydrogen-bond acceptors (Lipinski definition) is 4. The van der Waals surface area contributed by atoms with Gasteiger partial charge in [0.1, 0.15) is 0 Å². The number of carbonyl (C=O) groups excluding carboxylic acids is 1. The molecule has 0 atom stereocenters. The fourth-order valence-electron chi connectivity index (χ4n) is 2.25. The Morgan fingerprint density at radius 1 is 1.12 bits per heavy atom. The first kappa shape index (κ1) is 19.8. The van der Waals surface area contributed by atoms with E-state index < -0.39 is 0 Å². The Bertz CT molecular complexity index is 649. The summed E-state index contributed by atoms with van der Waals surface area (Å²) in [5.41, 5.74) is 2.23. The van der Waals surface area contributed by atoms with Crippen LogP contribution < -0.4 is 0 Å². The zero-order chi connectivity index (χ0) is 18.1. The topological polar surface area (TPSA) is 36.4 Å². The van der Waals surface area contributed by atoms with Crippen LogP contribution in [0.15, 0.2) is 48.8 Å². The average Bonchev–Trinajstić information content (AvgIpc) is 2.61. The number of rotatable bonds is 9. The maximum Gasteiger partial charge on any atom is 0.232 e. The molecule has 1 aromatic carbocycles. The van der Waals surface area contributed by atoms with Crippen molar-refractivity contribution in [2.75, 3.05) is 32.9 Å². The summed E-state index contributed by atoms with van der Waals surface area (Å²) in [6.07, 6.45) is 3.60. The van der Waals surface area contributed by atoms with E-state index in [-0.39, 0.29) is 5.91 Å². The SMILES string of the molecule is CN(C)CCN(Cc1ccc(Cl)cc1)C(=O)CSCc1cccnc1. The van der Waals surface area contributed by atoms with E-state index in [9.17, 15) is 4.79 Å². The molecule has 0 fully saturated rings. The van der Waals surface area contributed by atoms with Crippen LogP contribution in [-0.4, -0.2) is 53.6 Å². The van der Waals surface area contributed by atoms with Gasteiger partial charge >= 0.3 is 0 Å². The monoisotopic (exact) mass is 377 g/mol. The number of hydrogen-bond donors (Lipinski definition) is 0. The lowest BCUT2D eigenvalue weighted by Gasteiger charge is -2.24. The lowest BCUT2D eigenvalue weighted by atomic mass is 10.2. The predicted molar refractivity (Wildman–Crippen MR) is 106 cm³/mol. The second-order valence-electron chi connectivity index (χ2n) is 6.10. The predicted octanol–water partition coefficient (Wildman–Crippen LogP) is 3.56. The van der Waals surface area contributed by atoms with Crippen LogP contribution >= 0.6 is 23.4 Å². The van der Waals surface area contributed by atoms with Gasteiger partial charge in [0.05, 0.1) is 5.75 Å². The van der Waals surface area contributed by atoms with Crippen LogP contribution in [0, 0.1) is 0 Å². The number of amides is 1. The Hall–Kier alpha value is -1.56. The van der Waals surface area contributed by atoms with E-state index in [1.165, 1.54) is 0 Å². The first-order valence-electron chi connectivity index (χ1n) is 8.18. The van der Waals surface area contributed by atoms with E-state index in [0.29, 0.717) is 23.9 Å². The van der Waals surface area contributed by atoms with Crippen molar-refractivity contribution >= 4 is 29.3 Å². The van der Waals surface area contributed by atoms with Crippen LogP contribution in [0.4, 0.5) is 0 Å². The number of thioether (sulfide) groups is 1. The van der Waals surface area contributed by atoms with Gasteiger partial charge in [0.2, 0.25) is 5.91 Å². The summed E-state index contributed by atoms with van der Waals surface area (Å²) in [5.74, 6) is 1.42. The molecule has 0 saturated heterocycles. The molecule has 0 unspecified atom stereocenters. The smallest absolute Gasteiger partial charge is 0.232 e. The Morgan fingerprint density at radius 3 is 2.52 bits per heavy atom. The van der Waals surface area contributed by atoms with E-state index in [2.05, 4.69) is 9.88 Å². The van der Waals surface area contributed by atoms with Gasteiger partial charge in [-0.2, -0.15) is 0 Å². The molecular formula is C19H24ClN3OS. The van der Waals surface area contributed by atoms with Crippen LogP contribution in [0.25, 0.3) is 0 Å². The molecule has 1 heterocycles. The molecule has 25 heavy (non-hydrogen) atoms. The number of pyridine rings is 1. The van der Waals surface area contributed by atoms with Gasteiger partial charge < -0.3 is 9.80 Å². The van der Waals surface area contributed by atoms with E-state index >= 15 is 0 Å². The zero-order valence-electron chi connectivity index (χ0n) is 14.7. The quantitative estimate of drug-likeness (QED) is 0.669. The van der Waals surface area contributed by atoms with Crippen LogP contribution in [0.1, 0.15) is 11.1 Å². The molecule has 0 aliphatic rings. The summed E-state index contributed by atoms with van der Waals surface area (Å²) >= 11 is 7.57. The molecule has 1 aromatic heterocycles. The van der Waals surface area contributed by atoms with Gasteiger partial charge in [0, 0.05) is 42.8 Å². The van der Waals surface area contributed by atoms with Crippen LogP contribution in [-0.2, 0) is 17.1 Å². The second kappa shape index (κ2) is 10.4. The van der Waals surface area contributed by atoms with Crippen molar-refractivity contribution < 1.29 is 4.79 Å². The van der Waals surface area contributed by atoms with Crippen molar-refractivity contribution in [3.8, 4) is 0 Å². The van der Waals surface area contributed by atoms with Gasteiger partial charge in [-0.25, -0.2) is 0 Å². The van der Waals surface area contributed by atoms with E-state index in [1.807, 2.05) is 61.6 Å². The number of nitrogens with zero attached hydrogens (tertiary/aromatic N) is 3. The summed E-state index contributed by atoms with van der Waals surface area (Å²) in [5, 5.41) is 0.710. The van der Waals surface area contributed by atoms with Gasteiger partial charge in [-0.15, -0.1) is 11.8 Å². The molecule has 0 aliphatic carbocycles. The summed E-state index contributed by atoms with van der Waals surface area (Å²) in [6.45, 7) is 2.16. The second-order valence-corrected chi connectivity index (χ2v) is 7.52. The minimum atomic E-state index is 0.158. The first-order chi connectivity index (χ1) is 12.0. The van der Waals surface area contributed by atoms with Gasteiger partial charge in [-0.05, 0) is 43.4 Å². The lowest BCUT2D eigenvalue weighted by Crippen LogP contribution is -2.37. The minimum absolute atomic E-state index is 0.158. The van der Waals surface area contributed by atoms with Crippen LogP contribution in [0.3, 0.4) is 0 Å². The highest BCUT2D eigenvalue weighted by molar-refractivity contribution is 7.99. The summed E-state index contributed by atoms with van der Waals surface area (Å²) in [6, 6.07) is 11.6. The number of carbonyl (C=O) groups is 1. The maximum absolute atomic E-state index is 12.7. The summed E-state index contributed by atoms with van der Waals surface area (Å²) < 4.78 is 0. The number of aromatic nitrogens is 1. The molecule has 134 valence electrons.